The lowest BCUT2D eigenvalue weighted by molar-refractivity contribution is 0.101. The lowest BCUT2D eigenvalue weighted by Gasteiger charge is -2.17. The van der Waals surface area contributed by atoms with Crippen LogP contribution in [0.3, 0.4) is 0 Å². The lowest BCUT2D eigenvalue weighted by atomic mass is 9.91. The van der Waals surface area contributed by atoms with Gasteiger partial charge in [-0.25, -0.2) is 5.10 Å². The lowest BCUT2D eigenvalue weighted by Crippen LogP contribution is -2.27. The second kappa shape index (κ2) is 8.05. The van der Waals surface area contributed by atoms with E-state index in [9.17, 15) is 14.4 Å². The number of anilines is 2. The summed E-state index contributed by atoms with van der Waals surface area (Å²) in [5.41, 5.74) is 2.86. The average molecular weight is 389 g/mol. The third-order valence-corrected chi connectivity index (χ3v) is 4.81. The van der Waals surface area contributed by atoms with Crippen LogP contribution in [0.2, 0.25) is 0 Å². The van der Waals surface area contributed by atoms with Crippen LogP contribution in [0.5, 0.6) is 0 Å². The summed E-state index contributed by atoms with van der Waals surface area (Å²) in [6.45, 7) is 0. The predicted molar refractivity (Wildman–Crippen MR) is 108 cm³/mol. The number of nitrogens with one attached hydrogen (secondary N) is 3. The van der Waals surface area contributed by atoms with Crippen molar-refractivity contribution in [1.29, 1.82) is 0 Å². The summed E-state index contributed by atoms with van der Waals surface area (Å²) in [4.78, 5) is 40.9. The van der Waals surface area contributed by atoms with Gasteiger partial charge in [0.25, 0.3) is 17.4 Å². The fourth-order valence-electron chi connectivity index (χ4n) is 3.41. The minimum absolute atomic E-state index is 0.226. The molecule has 0 bridgehead atoms. The van der Waals surface area contributed by atoms with Crippen LogP contribution in [0, 0.1) is 0 Å². The van der Waals surface area contributed by atoms with E-state index in [4.69, 9.17) is 0 Å². The molecule has 29 heavy (non-hydrogen) atoms. The van der Waals surface area contributed by atoms with Crippen molar-refractivity contribution in [3.63, 3.8) is 0 Å². The molecule has 8 nitrogen and oxygen atoms in total. The number of hydrogen-bond donors (Lipinski definition) is 3. The second-order valence-electron chi connectivity index (χ2n) is 6.80. The standard InChI is InChI=1S/C21H19N5O3/c27-19(13-5-4-10-22-12-13)23-14-6-3-7-15(11-14)24-21(29)18-16-8-1-2-9-17(16)20(28)26-25-18/h3-7,10-12H,1-2,8-9H2,(H,23,27)(H,24,29)(H,26,28). The Labute approximate surface area is 166 Å². The molecule has 1 aliphatic carbocycles. The van der Waals surface area contributed by atoms with Gasteiger partial charge in [0.15, 0.2) is 5.69 Å². The van der Waals surface area contributed by atoms with E-state index in [2.05, 4.69) is 25.8 Å². The minimum Gasteiger partial charge on any atom is -0.322 e. The molecule has 1 aliphatic rings. The van der Waals surface area contributed by atoms with Crippen molar-refractivity contribution in [3.05, 3.63) is 81.5 Å². The van der Waals surface area contributed by atoms with E-state index in [0.29, 0.717) is 35.3 Å². The van der Waals surface area contributed by atoms with Crippen molar-refractivity contribution in [2.24, 2.45) is 0 Å². The Morgan fingerprint density at radius 3 is 2.38 bits per heavy atom. The number of nitrogens with zero attached hydrogens (tertiary/aromatic N) is 2. The zero-order valence-corrected chi connectivity index (χ0v) is 15.6. The van der Waals surface area contributed by atoms with E-state index in [1.807, 2.05) is 0 Å². The number of H-pyrrole nitrogens is 1. The third-order valence-electron chi connectivity index (χ3n) is 4.81. The summed E-state index contributed by atoms with van der Waals surface area (Å²) in [5.74, 6) is -0.687. The van der Waals surface area contributed by atoms with Gasteiger partial charge < -0.3 is 10.6 Å². The van der Waals surface area contributed by atoms with Crippen molar-refractivity contribution in [2.45, 2.75) is 25.7 Å². The molecule has 8 heteroatoms. The van der Waals surface area contributed by atoms with E-state index < -0.39 is 5.91 Å². The highest BCUT2D eigenvalue weighted by molar-refractivity contribution is 6.06. The number of benzene rings is 1. The Bertz CT molecular complexity index is 1120. The van der Waals surface area contributed by atoms with Gasteiger partial charge in [0.05, 0.1) is 5.56 Å². The van der Waals surface area contributed by atoms with Gasteiger partial charge in [-0.1, -0.05) is 6.07 Å². The maximum absolute atomic E-state index is 12.8. The Balaban J connectivity index is 1.52. The zero-order valence-electron chi connectivity index (χ0n) is 15.6. The van der Waals surface area contributed by atoms with Crippen LogP contribution >= 0.6 is 0 Å². The highest BCUT2D eigenvalue weighted by Gasteiger charge is 2.22. The summed E-state index contributed by atoms with van der Waals surface area (Å²) < 4.78 is 0. The summed E-state index contributed by atoms with van der Waals surface area (Å²) in [5, 5.41) is 12.0. The molecule has 2 aromatic heterocycles. The SMILES string of the molecule is O=C(Nc1cccc(NC(=O)c2n[nH]c(=O)c3c2CCCC3)c1)c1cccnc1. The van der Waals surface area contributed by atoms with Gasteiger partial charge in [-0.3, -0.25) is 19.4 Å². The number of amides is 2. The predicted octanol–water partition coefficient (Wildman–Crippen LogP) is 2.55. The number of carbonyl (C=O) groups excluding carboxylic acids is 2. The largest absolute Gasteiger partial charge is 0.322 e. The first-order valence-corrected chi connectivity index (χ1v) is 9.35. The summed E-state index contributed by atoms with van der Waals surface area (Å²) in [6, 6.07) is 10.2. The maximum Gasteiger partial charge on any atom is 0.276 e. The molecule has 0 saturated carbocycles. The molecule has 0 atom stereocenters. The Morgan fingerprint density at radius 1 is 0.931 bits per heavy atom. The van der Waals surface area contributed by atoms with E-state index in [-0.39, 0.29) is 17.2 Å². The zero-order chi connectivity index (χ0) is 20.2. The van der Waals surface area contributed by atoms with Crippen LogP contribution in [-0.4, -0.2) is 27.0 Å². The number of fused-ring (bicyclic) bond motifs is 1. The van der Waals surface area contributed by atoms with Crippen LogP contribution in [0.4, 0.5) is 11.4 Å². The number of rotatable bonds is 4. The summed E-state index contributed by atoms with van der Waals surface area (Å²) in [7, 11) is 0. The van der Waals surface area contributed by atoms with Gasteiger partial charge in [0, 0.05) is 29.3 Å². The number of pyridine rings is 1. The highest BCUT2D eigenvalue weighted by atomic mass is 16.2. The van der Waals surface area contributed by atoms with Gasteiger partial charge in [0.2, 0.25) is 0 Å². The second-order valence-corrected chi connectivity index (χ2v) is 6.80. The fraction of sp³-hybridized carbons (Fsp3) is 0.190. The van der Waals surface area contributed by atoms with Gasteiger partial charge in [0.1, 0.15) is 0 Å². The smallest absolute Gasteiger partial charge is 0.276 e. The molecule has 0 fully saturated rings. The number of carbonyl (C=O) groups is 2. The van der Waals surface area contributed by atoms with Crippen molar-refractivity contribution in [2.75, 3.05) is 10.6 Å². The van der Waals surface area contributed by atoms with Gasteiger partial charge >= 0.3 is 0 Å². The molecule has 146 valence electrons. The first kappa shape index (κ1) is 18.5. The van der Waals surface area contributed by atoms with Gasteiger partial charge in [-0.2, -0.15) is 5.10 Å². The van der Waals surface area contributed by atoms with Gasteiger partial charge in [-0.15, -0.1) is 0 Å². The Hall–Kier alpha value is -3.81. The van der Waals surface area contributed by atoms with E-state index in [1.165, 1.54) is 6.20 Å². The highest BCUT2D eigenvalue weighted by Crippen LogP contribution is 2.22. The van der Waals surface area contributed by atoms with Crippen molar-refractivity contribution in [3.8, 4) is 0 Å². The van der Waals surface area contributed by atoms with Crippen LogP contribution in [-0.2, 0) is 12.8 Å². The first-order chi connectivity index (χ1) is 14.1. The molecule has 0 radical (unpaired) electrons. The van der Waals surface area contributed by atoms with Crippen LogP contribution in [0.1, 0.15) is 44.8 Å². The summed E-state index contributed by atoms with van der Waals surface area (Å²) in [6.07, 6.45) is 6.25. The molecule has 2 amide bonds. The van der Waals surface area contributed by atoms with Crippen LogP contribution in [0.25, 0.3) is 0 Å². The molecular weight excluding hydrogens is 370 g/mol. The number of aromatic nitrogens is 3. The molecule has 0 unspecified atom stereocenters. The molecule has 2 heterocycles. The molecule has 0 spiro atoms. The van der Waals surface area contributed by atoms with Crippen molar-refractivity contribution in [1.82, 2.24) is 15.2 Å². The molecule has 1 aromatic carbocycles. The molecule has 0 aliphatic heterocycles. The van der Waals surface area contributed by atoms with Crippen molar-refractivity contribution < 1.29 is 9.59 Å². The monoisotopic (exact) mass is 389 g/mol. The normalized spacial score (nSPS) is 12.7. The van der Waals surface area contributed by atoms with E-state index >= 15 is 0 Å². The van der Waals surface area contributed by atoms with Crippen molar-refractivity contribution >= 4 is 23.2 Å². The maximum atomic E-state index is 12.8. The number of hydrogen-bond acceptors (Lipinski definition) is 5. The molecule has 3 N–H and O–H groups in total. The van der Waals surface area contributed by atoms with E-state index in [1.54, 1.807) is 42.6 Å². The molecular formula is C21H19N5O3. The number of aromatic amines is 1. The third kappa shape index (κ3) is 4.06. The van der Waals surface area contributed by atoms with Crippen LogP contribution < -0.4 is 16.2 Å². The Morgan fingerprint density at radius 2 is 1.66 bits per heavy atom. The molecule has 4 rings (SSSR count). The average Bonchev–Trinajstić information content (AvgIpc) is 2.75. The molecule has 3 aromatic rings. The van der Waals surface area contributed by atoms with Crippen LogP contribution in [0.15, 0.2) is 53.6 Å². The quantitative estimate of drug-likeness (QED) is 0.634. The first-order valence-electron chi connectivity index (χ1n) is 9.35. The topological polar surface area (TPSA) is 117 Å². The van der Waals surface area contributed by atoms with Gasteiger partial charge in [-0.05, 0) is 61.6 Å². The Kier molecular flexibility index (Phi) is 5.15. The fourth-order valence-corrected chi connectivity index (χ4v) is 3.41. The minimum atomic E-state index is -0.393. The summed E-state index contributed by atoms with van der Waals surface area (Å²) >= 11 is 0. The van der Waals surface area contributed by atoms with E-state index in [0.717, 1.165) is 18.4 Å². The molecule has 0 saturated heterocycles.